The minimum Gasteiger partial charge on any atom is -0.464 e. The van der Waals surface area contributed by atoms with Crippen molar-refractivity contribution in [2.45, 2.75) is 32.6 Å². The largest absolute Gasteiger partial charge is 0.464 e. The van der Waals surface area contributed by atoms with E-state index in [2.05, 4.69) is 38.2 Å². The highest BCUT2D eigenvalue weighted by Gasteiger charge is 2.17. The van der Waals surface area contributed by atoms with Gasteiger partial charge in [0.25, 0.3) is 0 Å². The molecule has 1 amide bonds. The highest BCUT2D eigenvalue weighted by molar-refractivity contribution is 6.03. The molecule has 0 aliphatic rings. The zero-order valence-corrected chi connectivity index (χ0v) is 15.9. The summed E-state index contributed by atoms with van der Waals surface area (Å²) in [4.78, 5) is 12.7. The highest BCUT2D eigenvalue weighted by atomic mass is 16.3. The van der Waals surface area contributed by atoms with Crippen molar-refractivity contribution in [3.63, 3.8) is 0 Å². The number of furan rings is 1. The molecule has 0 atom stereocenters. The lowest BCUT2D eigenvalue weighted by atomic mass is 9.86. The van der Waals surface area contributed by atoms with Gasteiger partial charge in [0.15, 0.2) is 0 Å². The van der Waals surface area contributed by atoms with Crippen molar-refractivity contribution < 1.29 is 9.21 Å². The summed E-state index contributed by atoms with van der Waals surface area (Å²) in [6.07, 6.45) is 1.98. The van der Waals surface area contributed by atoms with Crippen LogP contribution in [0.3, 0.4) is 0 Å². The van der Waals surface area contributed by atoms with Gasteiger partial charge < -0.3 is 9.73 Å². The van der Waals surface area contributed by atoms with Crippen LogP contribution in [-0.4, -0.2) is 5.91 Å². The van der Waals surface area contributed by atoms with E-state index in [9.17, 15) is 4.79 Å². The number of fused-ring (bicyclic) bond motifs is 2. The molecule has 0 aliphatic heterocycles. The van der Waals surface area contributed by atoms with E-state index in [0.717, 1.165) is 33.0 Å². The molecule has 4 rings (SSSR count). The number of carbonyl (C=O) groups excluding carboxylic acids is 1. The topological polar surface area (TPSA) is 42.2 Å². The number of hydrogen-bond donors (Lipinski definition) is 1. The molecule has 1 heterocycles. The lowest BCUT2D eigenvalue weighted by Crippen LogP contribution is -2.14. The van der Waals surface area contributed by atoms with Crippen molar-refractivity contribution in [1.29, 1.82) is 0 Å². The Bertz CT molecular complexity index is 1130. The molecule has 136 valence electrons. The first-order valence-electron chi connectivity index (χ1n) is 9.20. The van der Waals surface area contributed by atoms with Crippen LogP contribution in [-0.2, 0) is 16.6 Å². The van der Waals surface area contributed by atoms with E-state index in [1.807, 2.05) is 48.5 Å². The van der Waals surface area contributed by atoms with Gasteiger partial charge in [-0.05, 0) is 34.6 Å². The number of rotatable bonds is 3. The van der Waals surface area contributed by atoms with E-state index in [4.69, 9.17) is 4.42 Å². The molecule has 3 aromatic carbocycles. The Hall–Kier alpha value is -3.07. The molecule has 27 heavy (non-hydrogen) atoms. The van der Waals surface area contributed by atoms with Crippen LogP contribution in [0.5, 0.6) is 0 Å². The summed E-state index contributed by atoms with van der Waals surface area (Å²) in [5, 5.41) is 6.21. The van der Waals surface area contributed by atoms with Crippen LogP contribution in [0.2, 0.25) is 0 Å². The van der Waals surface area contributed by atoms with Crippen molar-refractivity contribution in [1.82, 2.24) is 0 Å². The lowest BCUT2D eigenvalue weighted by molar-refractivity contribution is -0.115. The molecule has 0 radical (unpaired) electrons. The smallest absolute Gasteiger partial charge is 0.228 e. The lowest BCUT2D eigenvalue weighted by Gasteiger charge is -2.18. The molecule has 0 unspecified atom stereocenters. The van der Waals surface area contributed by atoms with Gasteiger partial charge >= 0.3 is 0 Å². The maximum atomic E-state index is 12.7. The maximum Gasteiger partial charge on any atom is 0.228 e. The monoisotopic (exact) mass is 357 g/mol. The van der Waals surface area contributed by atoms with E-state index in [0.29, 0.717) is 0 Å². The maximum absolute atomic E-state index is 12.7. The Balaban J connectivity index is 1.61. The van der Waals surface area contributed by atoms with Crippen molar-refractivity contribution >= 4 is 33.3 Å². The van der Waals surface area contributed by atoms with Crippen LogP contribution in [0.4, 0.5) is 5.69 Å². The molecule has 0 saturated carbocycles. The van der Waals surface area contributed by atoms with Crippen molar-refractivity contribution in [2.75, 3.05) is 5.32 Å². The summed E-state index contributed by atoms with van der Waals surface area (Å²) in [5.74, 6) is -0.0461. The minimum atomic E-state index is -0.0461. The average molecular weight is 357 g/mol. The number of benzene rings is 3. The summed E-state index contributed by atoms with van der Waals surface area (Å²) in [5.41, 5.74) is 3.84. The fraction of sp³-hybridized carbons (Fsp3) is 0.208. The van der Waals surface area contributed by atoms with E-state index in [1.165, 1.54) is 5.56 Å². The van der Waals surface area contributed by atoms with Gasteiger partial charge in [-0.3, -0.25) is 4.79 Å². The van der Waals surface area contributed by atoms with Gasteiger partial charge in [0, 0.05) is 22.0 Å². The van der Waals surface area contributed by atoms with Gasteiger partial charge in [-0.15, -0.1) is 0 Å². The molecule has 0 spiro atoms. The first-order chi connectivity index (χ1) is 12.9. The second-order valence-corrected chi connectivity index (χ2v) is 7.97. The van der Waals surface area contributed by atoms with Crippen LogP contribution >= 0.6 is 0 Å². The average Bonchev–Trinajstić information content (AvgIpc) is 3.03. The summed E-state index contributed by atoms with van der Waals surface area (Å²) in [6, 6.07) is 20.2. The molecule has 1 aromatic heterocycles. The number of hydrogen-bond acceptors (Lipinski definition) is 2. The summed E-state index contributed by atoms with van der Waals surface area (Å²) in [7, 11) is 0. The minimum absolute atomic E-state index is 0.0461. The van der Waals surface area contributed by atoms with Crippen molar-refractivity contribution in [3.8, 4) is 0 Å². The molecule has 1 N–H and O–H groups in total. The molecule has 4 aromatic rings. The van der Waals surface area contributed by atoms with E-state index in [1.54, 1.807) is 6.26 Å². The Morgan fingerprint density at radius 2 is 1.74 bits per heavy atom. The van der Waals surface area contributed by atoms with E-state index >= 15 is 0 Å². The Kier molecular flexibility index (Phi) is 4.23. The molecular weight excluding hydrogens is 334 g/mol. The second-order valence-electron chi connectivity index (χ2n) is 7.97. The third kappa shape index (κ3) is 3.45. The van der Waals surface area contributed by atoms with Gasteiger partial charge in [0.1, 0.15) is 5.58 Å². The second kappa shape index (κ2) is 6.58. The van der Waals surface area contributed by atoms with E-state index < -0.39 is 0 Å². The third-order valence-electron chi connectivity index (χ3n) is 4.93. The quantitative estimate of drug-likeness (QED) is 0.484. The zero-order valence-electron chi connectivity index (χ0n) is 15.9. The van der Waals surface area contributed by atoms with E-state index in [-0.39, 0.29) is 17.7 Å². The number of amides is 1. The van der Waals surface area contributed by atoms with Gasteiger partial charge in [-0.2, -0.15) is 0 Å². The summed E-state index contributed by atoms with van der Waals surface area (Å²) in [6.45, 7) is 6.55. The number of anilines is 1. The normalized spacial score (nSPS) is 11.8. The first kappa shape index (κ1) is 17.3. The van der Waals surface area contributed by atoms with Crippen LogP contribution in [0.15, 0.2) is 71.3 Å². The van der Waals surface area contributed by atoms with Crippen LogP contribution in [0.25, 0.3) is 21.7 Å². The number of nitrogens with one attached hydrogen (secondary N) is 1. The zero-order chi connectivity index (χ0) is 19.0. The van der Waals surface area contributed by atoms with Crippen LogP contribution in [0.1, 0.15) is 31.9 Å². The van der Waals surface area contributed by atoms with Gasteiger partial charge in [0.2, 0.25) is 5.91 Å². The fourth-order valence-electron chi connectivity index (χ4n) is 3.39. The van der Waals surface area contributed by atoms with Crippen LogP contribution < -0.4 is 5.32 Å². The Morgan fingerprint density at radius 3 is 2.56 bits per heavy atom. The summed E-state index contributed by atoms with van der Waals surface area (Å²) < 4.78 is 5.66. The Morgan fingerprint density at radius 1 is 0.963 bits per heavy atom. The molecule has 0 aliphatic carbocycles. The highest BCUT2D eigenvalue weighted by Crippen LogP contribution is 2.29. The third-order valence-corrected chi connectivity index (χ3v) is 4.93. The SMILES string of the molecule is CC(C)(C)c1ccc2occ(CC(=O)Nc3cccc4ccccc34)c2c1. The number of carbonyl (C=O) groups is 1. The predicted octanol–water partition coefficient (Wildman–Crippen LogP) is 6.06. The predicted molar refractivity (Wildman–Crippen MR) is 111 cm³/mol. The summed E-state index contributed by atoms with van der Waals surface area (Å²) >= 11 is 0. The molecule has 0 fully saturated rings. The molecule has 3 nitrogen and oxygen atoms in total. The van der Waals surface area contributed by atoms with Crippen molar-refractivity contribution in [2.24, 2.45) is 0 Å². The first-order valence-corrected chi connectivity index (χ1v) is 9.20. The van der Waals surface area contributed by atoms with Crippen LogP contribution in [0, 0.1) is 0 Å². The molecular formula is C24H23NO2. The van der Waals surface area contributed by atoms with Gasteiger partial charge in [-0.25, -0.2) is 0 Å². The van der Waals surface area contributed by atoms with Gasteiger partial charge in [0.05, 0.1) is 12.7 Å². The molecule has 3 heteroatoms. The van der Waals surface area contributed by atoms with Crippen molar-refractivity contribution in [3.05, 3.63) is 78.1 Å². The molecule has 0 saturated heterocycles. The standard InChI is InChI=1S/C24H23NO2/c1-24(2,3)18-11-12-22-20(14-18)17(15-27-22)13-23(26)25-21-10-6-8-16-7-4-5-9-19(16)21/h4-12,14-15H,13H2,1-3H3,(H,25,26). The molecule has 0 bridgehead atoms. The Labute approximate surface area is 159 Å². The fourth-order valence-corrected chi connectivity index (χ4v) is 3.39. The van der Waals surface area contributed by atoms with Gasteiger partial charge in [-0.1, -0.05) is 63.2 Å².